The lowest BCUT2D eigenvalue weighted by atomic mass is 10.1. The van der Waals surface area contributed by atoms with Gasteiger partial charge in [0, 0.05) is 9.26 Å². The summed E-state index contributed by atoms with van der Waals surface area (Å²) in [5.41, 5.74) is 3.26. The minimum Gasteiger partial charge on any atom is -0.490 e. The number of benzene rings is 3. The number of rotatable bonds is 9. The first-order chi connectivity index (χ1) is 18.2. The molecular weight excluding hydrogens is 683 g/mol. The highest BCUT2D eigenvalue weighted by atomic mass is 127. The predicted octanol–water partition coefficient (Wildman–Crippen LogP) is 7.01. The van der Waals surface area contributed by atoms with Crippen LogP contribution < -0.4 is 14.8 Å². The molecule has 1 fully saturated rings. The van der Waals surface area contributed by atoms with Crippen molar-refractivity contribution in [2.75, 3.05) is 18.5 Å². The molecule has 0 saturated carbocycles. The van der Waals surface area contributed by atoms with Crippen LogP contribution in [0.2, 0.25) is 0 Å². The zero-order chi connectivity index (χ0) is 27.2. The number of nitrogens with zero attached hydrogens (tertiary/aromatic N) is 1. The van der Waals surface area contributed by atoms with Crippen molar-refractivity contribution in [1.82, 2.24) is 4.90 Å². The number of nitrogens with one attached hydrogen (secondary N) is 1. The van der Waals surface area contributed by atoms with Gasteiger partial charge in [0.05, 0.1) is 16.0 Å². The fourth-order valence-corrected chi connectivity index (χ4v) is 5.44. The Labute approximate surface area is 247 Å². The maximum Gasteiger partial charge on any atom is 0.294 e. The highest BCUT2D eigenvalue weighted by molar-refractivity contribution is 14.1. The summed E-state index contributed by atoms with van der Waals surface area (Å²) in [7, 11) is 0. The fraction of sp³-hybridized carbons (Fsp3) is 0.179. The van der Waals surface area contributed by atoms with Crippen LogP contribution in [0.1, 0.15) is 23.6 Å². The number of hydrogen-bond donors (Lipinski definition) is 1. The maximum atomic E-state index is 13.0. The molecule has 38 heavy (non-hydrogen) atoms. The van der Waals surface area contributed by atoms with E-state index in [1.807, 2.05) is 56.3 Å². The van der Waals surface area contributed by atoms with Crippen LogP contribution in [0.4, 0.5) is 10.5 Å². The van der Waals surface area contributed by atoms with Crippen LogP contribution in [0.5, 0.6) is 11.5 Å². The Kier molecular flexibility index (Phi) is 9.50. The Morgan fingerprint density at radius 2 is 1.87 bits per heavy atom. The van der Waals surface area contributed by atoms with Gasteiger partial charge in [-0.2, -0.15) is 0 Å². The third-order valence-electron chi connectivity index (χ3n) is 5.40. The summed E-state index contributed by atoms with van der Waals surface area (Å²) in [5, 5.41) is 2.23. The second-order valence-corrected chi connectivity index (χ2v) is 11.5. The van der Waals surface area contributed by atoms with Gasteiger partial charge in [-0.1, -0.05) is 24.3 Å². The van der Waals surface area contributed by atoms with Crippen molar-refractivity contribution in [3.05, 3.63) is 90.3 Å². The summed E-state index contributed by atoms with van der Waals surface area (Å²) in [5.74, 6) is 0.0848. The lowest BCUT2D eigenvalue weighted by Crippen LogP contribution is -2.36. The van der Waals surface area contributed by atoms with E-state index in [1.165, 1.54) is 0 Å². The molecule has 0 unspecified atom stereocenters. The number of anilines is 1. The Balaban J connectivity index is 1.48. The van der Waals surface area contributed by atoms with E-state index in [0.29, 0.717) is 40.4 Å². The Bertz CT molecular complexity index is 1410. The van der Waals surface area contributed by atoms with Gasteiger partial charge in [-0.15, -0.1) is 0 Å². The quantitative estimate of drug-likeness (QED) is 0.190. The normalized spacial score (nSPS) is 14.2. The zero-order valence-corrected chi connectivity index (χ0v) is 25.2. The summed E-state index contributed by atoms with van der Waals surface area (Å²) in [6, 6.07) is 18.9. The molecule has 0 spiro atoms. The average Bonchev–Trinajstić information content (AvgIpc) is 3.12. The van der Waals surface area contributed by atoms with Gasteiger partial charge in [-0.25, -0.2) is 0 Å². The average molecular weight is 707 g/mol. The number of halogens is 2. The van der Waals surface area contributed by atoms with E-state index < -0.39 is 17.1 Å². The Morgan fingerprint density at radius 3 is 2.58 bits per heavy atom. The number of ether oxygens (including phenoxy) is 2. The third-order valence-corrected chi connectivity index (χ3v) is 7.62. The lowest BCUT2D eigenvalue weighted by Gasteiger charge is -2.15. The van der Waals surface area contributed by atoms with Crippen LogP contribution in [0.15, 0.2) is 70.0 Å². The van der Waals surface area contributed by atoms with Crippen LogP contribution in [0.25, 0.3) is 6.08 Å². The molecule has 1 saturated heterocycles. The number of amides is 3. The van der Waals surface area contributed by atoms with Crippen molar-refractivity contribution in [1.29, 1.82) is 0 Å². The minimum absolute atomic E-state index is 0.222. The first-order valence-corrected chi connectivity index (χ1v) is 14.4. The van der Waals surface area contributed by atoms with Gasteiger partial charge in [-0.3, -0.25) is 19.3 Å². The number of hydrogen-bond acceptors (Lipinski definition) is 6. The van der Waals surface area contributed by atoms with E-state index in [-0.39, 0.29) is 11.4 Å². The predicted molar refractivity (Wildman–Crippen MR) is 161 cm³/mol. The maximum absolute atomic E-state index is 13.0. The van der Waals surface area contributed by atoms with Gasteiger partial charge < -0.3 is 14.8 Å². The van der Waals surface area contributed by atoms with Crippen LogP contribution in [0.3, 0.4) is 0 Å². The lowest BCUT2D eigenvalue weighted by molar-refractivity contribution is -0.127. The molecule has 10 heteroatoms. The van der Waals surface area contributed by atoms with Crippen molar-refractivity contribution in [3.63, 3.8) is 0 Å². The number of thioether (sulfide) groups is 1. The van der Waals surface area contributed by atoms with Crippen molar-refractivity contribution in [2.45, 2.75) is 20.5 Å². The molecular formula is C28H24BrIN2O5S. The fourth-order valence-electron chi connectivity index (χ4n) is 3.67. The van der Waals surface area contributed by atoms with Crippen LogP contribution >= 0.6 is 50.3 Å². The second kappa shape index (κ2) is 12.8. The van der Waals surface area contributed by atoms with Crippen LogP contribution in [-0.2, 0) is 16.2 Å². The summed E-state index contributed by atoms with van der Waals surface area (Å²) in [6.45, 7) is 4.20. The number of carbonyl (C=O) groups is 3. The SMILES string of the molecule is CCOc1cc(/C=C2\SC(=O)N(CC(=O)Nc3cccc(C)c3)C2=O)cc(Br)c1OCc1ccc(I)cc1. The monoisotopic (exact) mass is 706 g/mol. The van der Waals surface area contributed by atoms with E-state index in [9.17, 15) is 14.4 Å². The summed E-state index contributed by atoms with van der Waals surface area (Å²) in [6.07, 6.45) is 1.61. The van der Waals surface area contributed by atoms with Gasteiger partial charge in [0.15, 0.2) is 11.5 Å². The van der Waals surface area contributed by atoms with Crippen molar-refractivity contribution < 1.29 is 23.9 Å². The van der Waals surface area contributed by atoms with Crippen LogP contribution in [0, 0.1) is 10.5 Å². The second-order valence-electron chi connectivity index (χ2n) is 8.36. The molecule has 1 N–H and O–H groups in total. The molecule has 196 valence electrons. The molecule has 1 aliphatic heterocycles. The van der Waals surface area contributed by atoms with E-state index in [4.69, 9.17) is 9.47 Å². The van der Waals surface area contributed by atoms with Gasteiger partial charge in [0.2, 0.25) is 5.91 Å². The van der Waals surface area contributed by atoms with Crippen molar-refractivity contribution in [2.24, 2.45) is 0 Å². The molecule has 0 aromatic heterocycles. The summed E-state index contributed by atoms with van der Waals surface area (Å²) < 4.78 is 13.7. The van der Waals surface area contributed by atoms with Crippen molar-refractivity contribution in [3.8, 4) is 11.5 Å². The topological polar surface area (TPSA) is 84.9 Å². The van der Waals surface area contributed by atoms with E-state index in [2.05, 4.69) is 43.8 Å². The van der Waals surface area contributed by atoms with E-state index >= 15 is 0 Å². The molecule has 7 nitrogen and oxygen atoms in total. The van der Waals surface area contributed by atoms with Gasteiger partial charge >= 0.3 is 0 Å². The molecule has 0 radical (unpaired) electrons. The molecule has 0 bridgehead atoms. The molecule has 3 amide bonds. The zero-order valence-electron chi connectivity index (χ0n) is 20.6. The van der Waals surface area contributed by atoms with E-state index in [1.54, 1.807) is 24.3 Å². The van der Waals surface area contributed by atoms with Gasteiger partial charge in [0.1, 0.15) is 13.2 Å². The summed E-state index contributed by atoms with van der Waals surface area (Å²) in [4.78, 5) is 39.2. The highest BCUT2D eigenvalue weighted by Gasteiger charge is 2.36. The minimum atomic E-state index is -0.521. The summed E-state index contributed by atoms with van der Waals surface area (Å²) >= 11 is 6.60. The molecule has 4 rings (SSSR count). The first-order valence-electron chi connectivity index (χ1n) is 11.7. The van der Waals surface area contributed by atoms with Crippen LogP contribution in [-0.4, -0.2) is 35.1 Å². The van der Waals surface area contributed by atoms with E-state index in [0.717, 1.165) is 31.4 Å². The molecule has 1 heterocycles. The van der Waals surface area contributed by atoms with Gasteiger partial charge in [0.25, 0.3) is 11.1 Å². The molecule has 0 atom stereocenters. The molecule has 1 aliphatic rings. The number of carbonyl (C=O) groups excluding carboxylic acids is 3. The highest BCUT2D eigenvalue weighted by Crippen LogP contribution is 2.39. The Hall–Kier alpha value is -2.83. The largest absolute Gasteiger partial charge is 0.490 e. The van der Waals surface area contributed by atoms with Gasteiger partial charge in [-0.05, 0) is 123 Å². The first kappa shape index (κ1) is 28.2. The molecule has 3 aromatic carbocycles. The number of aryl methyl sites for hydroxylation is 1. The number of imide groups is 1. The smallest absolute Gasteiger partial charge is 0.294 e. The van der Waals surface area contributed by atoms with Crippen molar-refractivity contribution >= 4 is 79.1 Å². The molecule has 3 aromatic rings. The Morgan fingerprint density at radius 1 is 1.11 bits per heavy atom. The molecule has 0 aliphatic carbocycles. The standard InChI is InChI=1S/C28H24BrIN2O5S/c1-3-36-23-13-19(12-22(29)26(23)37-16-18-7-9-20(30)10-8-18)14-24-27(34)32(28(35)38-24)15-25(33)31-21-6-4-5-17(2)11-21/h4-14H,3,15-16H2,1-2H3,(H,31,33)/b24-14-. The third kappa shape index (κ3) is 7.17.